The number of carboxylic acids is 1. The van der Waals surface area contributed by atoms with Crippen molar-refractivity contribution < 1.29 is 19.1 Å². The molecule has 0 saturated carbocycles. The van der Waals surface area contributed by atoms with Crippen LogP contribution in [0.4, 0.5) is 4.39 Å². The minimum atomic E-state index is -0.962. The fraction of sp³-hybridized carbons (Fsp3) is 0.312. The Kier molecular flexibility index (Phi) is 5.44. The van der Waals surface area contributed by atoms with Crippen LogP contribution in [0.3, 0.4) is 0 Å². The highest BCUT2D eigenvalue weighted by atomic mass is 32.1. The molecule has 0 saturated heterocycles. The van der Waals surface area contributed by atoms with Crippen LogP contribution >= 0.6 is 11.3 Å². The summed E-state index contributed by atoms with van der Waals surface area (Å²) in [5, 5.41) is 12.1. The lowest BCUT2D eigenvalue weighted by Gasteiger charge is -2.10. The van der Waals surface area contributed by atoms with E-state index in [9.17, 15) is 14.0 Å². The van der Waals surface area contributed by atoms with Gasteiger partial charge in [-0.25, -0.2) is 9.37 Å². The second kappa shape index (κ2) is 7.32. The molecule has 23 heavy (non-hydrogen) atoms. The highest BCUT2D eigenvalue weighted by Crippen LogP contribution is 2.21. The topological polar surface area (TPSA) is 79.3 Å². The van der Waals surface area contributed by atoms with Crippen molar-refractivity contribution in [2.24, 2.45) is 0 Å². The number of carbonyl (C=O) groups excluding carboxylic acids is 1. The summed E-state index contributed by atoms with van der Waals surface area (Å²) in [6, 6.07) is 5.68. The molecule has 2 N–H and O–H groups in total. The first-order chi connectivity index (χ1) is 10.8. The van der Waals surface area contributed by atoms with Crippen LogP contribution < -0.4 is 5.32 Å². The zero-order valence-electron chi connectivity index (χ0n) is 12.8. The zero-order valence-corrected chi connectivity index (χ0v) is 13.6. The molecule has 0 bridgehead atoms. The normalized spacial score (nSPS) is 12.0. The maximum Gasteiger partial charge on any atom is 0.305 e. The number of aryl methyl sites for hydroxylation is 1. The van der Waals surface area contributed by atoms with Crippen LogP contribution in [-0.2, 0) is 11.2 Å². The molecule has 2 rings (SSSR count). The Morgan fingerprint density at radius 1 is 1.35 bits per heavy atom. The molecule has 122 valence electrons. The number of hydrogen-bond acceptors (Lipinski definition) is 4. The van der Waals surface area contributed by atoms with Gasteiger partial charge in [-0.3, -0.25) is 9.59 Å². The van der Waals surface area contributed by atoms with Crippen LogP contribution in [0.5, 0.6) is 0 Å². The minimum Gasteiger partial charge on any atom is -0.481 e. The molecule has 0 aliphatic rings. The summed E-state index contributed by atoms with van der Waals surface area (Å²) in [5.74, 6) is -1.58. The molecule has 2 aromatic rings. The van der Waals surface area contributed by atoms with E-state index < -0.39 is 12.0 Å². The number of halogens is 1. The second-order valence-corrected chi connectivity index (χ2v) is 6.38. The van der Waals surface area contributed by atoms with E-state index in [2.05, 4.69) is 10.3 Å². The van der Waals surface area contributed by atoms with Crippen molar-refractivity contribution in [3.8, 4) is 0 Å². The fourth-order valence-corrected chi connectivity index (χ4v) is 3.12. The van der Waals surface area contributed by atoms with Crippen molar-refractivity contribution in [3.63, 3.8) is 0 Å². The molecular formula is C16H17FN2O3S. The Hall–Kier alpha value is -2.28. The second-order valence-electron chi connectivity index (χ2n) is 5.30. The molecule has 1 aromatic carbocycles. The number of rotatable bonds is 6. The van der Waals surface area contributed by atoms with Crippen LogP contribution in [0.15, 0.2) is 24.3 Å². The van der Waals surface area contributed by atoms with E-state index in [1.165, 1.54) is 23.5 Å². The van der Waals surface area contributed by atoms with E-state index in [0.29, 0.717) is 17.0 Å². The summed E-state index contributed by atoms with van der Waals surface area (Å²) in [6.45, 7) is 3.38. The van der Waals surface area contributed by atoms with Gasteiger partial charge < -0.3 is 10.4 Å². The maximum atomic E-state index is 12.9. The van der Waals surface area contributed by atoms with Crippen LogP contribution in [0.2, 0.25) is 0 Å². The van der Waals surface area contributed by atoms with Gasteiger partial charge in [0.05, 0.1) is 17.1 Å². The van der Waals surface area contributed by atoms with Crippen LogP contribution in [0, 0.1) is 12.7 Å². The van der Waals surface area contributed by atoms with Crippen molar-refractivity contribution in [2.45, 2.75) is 32.7 Å². The van der Waals surface area contributed by atoms with Gasteiger partial charge in [0.1, 0.15) is 10.7 Å². The third-order valence-corrected chi connectivity index (χ3v) is 4.33. The van der Waals surface area contributed by atoms with Gasteiger partial charge in [-0.05, 0) is 31.5 Å². The summed E-state index contributed by atoms with van der Waals surface area (Å²) in [7, 11) is 0. The smallest absolute Gasteiger partial charge is 0.305 e. The summed E-state index contributed by atoms with van der Waals surface area (Å²) in [5.41, 5.74) is 1.51. The zero-order chi connectivity index (χ0) is 17.0. The lowest BCUT2D eigenvalue weighted by Crippen LogP contribution is -2.34. The molecule has 1 aromatic heterocycles. The number of carboxylic acid groups (broad SMARTS) is 1. The predicted molar refractivity (Wildman–Crippen MR) is 85.2 cm³/mol. The lowest BCUT2D eigenvalue weighted by molar-refractivity contribution is -0.137. The number of nitrogens with zero attached hydrogens (tertiary/aromatic N) is 1. The average molecular weight is 336 g/mol. The van der Waals surface area contributed by atoms with E-state index in [4.69, 9.17) is 5.11 Å². The number of aliphatic carboxylic acids is 1. The van der Waals surface area contributed by atoms with Gasteiger partial charge in [-0.2, -0.15) is 0 Å². The summed E-state index contributed by atoms with van der Waals surface area (Å²) >= 11 is 1.26. The Bertz CT molecular complexity index is 713. The van der Waals surface area contributed by atoms with E-state index in [1.54, 1.807) is 26.0 Å². The number of aromatic nitrogens is 1. The van der Waals surface area contributed by atoms with E-state index in [-0.39, 0.29) is 18.1 Å². The maximum absolute atomic E-state index is 12.9. The Morgan fingerprint density at radius 3 is 2.61 bits per heavy atom. The van der Waals surface area contributed by atoms with Crippen molar-refractivity contribution in [1.82, 2.24) is 10.3 Å². The van der Waals surface area contributed by atoms with Gasteiger partial charge in [0.15, 0.2) is 0 Å². The highest BCUT2D eigenvalue weighted by Gasteiger charge is 2.18. The van der Waals surface area contributed by atoms with Crippen LogP contribution in [0.1, 0.15) is 39.3 Å². The van der Waals surface area contributed by atoms with Crippen LogP contribution in [-0.4, -0.2) is 28.0 Å². The van der Waals surface area contributed by atoms with Crippen LogP contribution in [0.25, 0.3) is 0 Å². The number of thiazole rings is 1. The van der Waals surface area contributed by atoms with Gasteiger partial charge in [0.25, 0.3) is 5.91 Å². The molecule has 0 radical (unpaired) electrons. The third kappa shape index (κ3) is 4.85. The van der Waals surface area contributed by atoms with Gasteiger partial charge in [-0.1, -0.05) is 12.1 Å². The van der Waals surface area contributed by atoms with Gasteiger partial charge in [0.2, 0.25) is 0 Å². The summed E-state index contributed by atoms with van der Waals surface area (Å²) in [6.07, 6.45) is 0.385. The first kappa shape index (κ1) is 17.1. The Morgan fingerprint density at radius 2 is 2.00 bits per heavy atom. The van der Waals surface area contributed by atoms with E-state index >= 15 is 0 Å². The quantitative estimate of drug-likeness (QED) is 0.850. The standard InChI is InChI=1S/C16H17FN2O3S/c1-9(7-14(20)21)18-16(22)15-10(2)19-13(23-15)8-11-3-5-12(17)6-4-11/h3-6,9H,7-8H2,1-2H3,(H,18,22)(H,20,21). The highest BCUT2D eigenvalue weighted by molar-refractivity contribution is 7.13. The van der Waals surface area contributed by atoms with Crippen molar-refractivity contribution in [3.05, 3.63) is 51.2 Å². The molecular weight excluding hydrogens is 319 g/mol. The molecule has 5 nitrogen and oxygen atoms in total. The molecule has 1 heterocycles. The molecule has 1 amide bonds. The van der Waals surface area contributed by atoms with Gasteiger partial charge in [-0.15, -0.1) is 11.3 Å². The largest absolute Gasteiger partial charge is 0.481 e. The number of benzene rings is 1. The third-order valence-electron chi connectivity index (χ3n) is 3.17. The monoisotopic (exact) mass is 336 g/mol. The number of carbonyl (C=O) groups is 2. The van der Waals surface area contributed by atoms with Gasteiger partial charge in [0, 0.05) is 12.5 Å². The van der Waals surface area contributed by atoms with E-state index in [0.717, 1.165) is 10.6 Å². The molecule has 0 aliphatic carbocycles. The minimum absolute atomic E-state index is 0.133. The first-order valence-electron chi connectivity index (χ1n) is 7.08. The van der Waals surface area contributed by atoms with Crippen molar-refractivity contribution in [2.75, 3.05) is 0 Å². The van der Waals surface area contributed by atoms with Crippen molar-refractivity contribution in [1.29, 1.82) is 0 Å². The summed E-state index contributed by atoms with van der Waals surface area (Å²) in [4.78, 5) is 27.7. The molecule has 1 unspecified atom stereocenters. The fourth-order valence-electron chi connectivity index (χ4n) is 2.12. The van der Waals surface area contributed by atoms with E-state index in [1.807, 2.05) is 0 Å². The molecule has 0 spiro atoms. The average Bonchev–Trinajstić information content (AvgIpc) is 2.81. The Labute approximate surface area is 137 Å². The number of amides is 1. The molecule has 0 fully saturated rings. The number of hydrogen-bond donors (Lipinski definition) is 2. The SMILES string of the molecule is Cc1nc(Cc2ccc(F)cc2)sc1C(=O)NC(C)CC(=O)O. The molecule has 0 aliphatic heterocycles. The molecule has 7 heteroatoms. The van der Waals surface area contributed by atoms with Crippen molar-refractivity contribution >= 4 is 23.2 Å². The molecule has 1 atom stereocenters. The number of nitrogens with one attached hydrogen (secondary N) is 1. The lowest BCUT2D eigenvalue weighted by atomic mass is 10.1. The predicted octanol–water partition coefficient (Wildman–Crippen LogP) is 2.77. The summed E-state index contributed by atoms with van der Waals surface area (Å²) < 4.78 is 12.9. The Balaban J connectivity index is 2.06. The van der Waals surface area contributed by atoms with Gasteiger partial charge >= 0.3 is 5.97 Å². The first-order valence-corrected chi connectivity index (χ1v) is 7.90.